The number of aromatic amines is 1. The van der Waals surface area contributed by atoms with Crippen molar-refractivity contribution in [2.24, 2.45) is 0 Å². The van der Waals surface area contributed by atoms with Gasteiger partial charge < -0.3 is 19.8 Å². The van der Waals surface area contributed by atoms with Crippen molar-refractivity contribution in [3.8, 4) is 11.5 Å². The molecule has 3 aromatic carbocycles. The van der Waals surface area contributed by atoms with Gasteiger partial charge in [-0.05, 0) is 60.4 Å². The minimum atomic E-state index is -0.149. The minimum absolute atomic E-state index is 0.0123. The largest absolute Gasteiger partial charge is 0.497 e. The Labute approximate surface area is 188 Å². The van der Waals surface area contributed by atoms with E-state index in [1.54, 1.807) is 7.11 Å². The zero-order valence-corrected chi connectivity index (χ0v) is 18.6. The number of carbonyl (C=O) groups excluding carboxylic acids is 1. The third-order valence-electron chi connectivity index (χ3n) is 5.93. The maximum absolute atomic E-state index is 12.6. The number of hydrogen-bond acceptors (Lipinski definition) is 3. The molecule has 0 radical (unpaired) electrons. The van der Waals surface area contributed by atoms with E-state index < -0.39 is 0 Å². The van der Waals surface area contributed by atoms with Crippen molar-refractivity contribution in [1.29, 1.82) is 0 Å². The summed E-state index contributed by atoms with van der Waals surface area (Å²) in [5.41, 5.74) is 5.51. The van der Waals surface area contributed by atoms with Crippen molar-refractivity contribution in [2.75, 3.05) is 20.3 Å². The summed E-state index contributed by atoms with van der Waals surface area (Å²) >= 11 is 0. The van der Waals surface area contributed by atoms with Crippen LogP contribution in [0.5, 0.6) is 11.5 Å². The van der Waals surface area contributed by atoms with Gasteiger partial charge in [-0.3, -0.25) is 4.79 Å². The highest BCUT2D eigenvalue weighted by Gasteiger charge is 2.19. The summed E-state index contributed by atoms with van der Waals surface area (Å²) in [4.78, 5) is 16.0. The molecule has 0 saturated carbocycles. The molecule has 1 unspecified atom stereocenters. The number of amides is 1. The molecule has 164 valence electrons. The van der Waals surface area contributed by atoms with Crippen molar-refractivity contribution in [3.63, 3.8) is 0 Å². The van der Waals surface area contributed by atoms with Gasteiger partial charge in [0.25, 0.3) is 5.91 Å². The fourth-order valence-corrected chi connectivity index (χ4v) is 3.92. The summed E-state index contributed by atoms with van der Waals surface area (Å²) in [5, 5.41) is 4.21. The first kappa shape index (κ1) is 21.5. The first-order valence-corrected chi connectivity index (χ1v) is 10.7. The average molecular weight is 429 g/mol. The van der Waals surface area contributed by atoms with Gasteiger partial charge in [-0.15, -0.1) is 0 Å². The molecule has 0 spiro atoms. The molecule has 1 amide bonds. The maximum Gasteiger partial charge on any atom is 0.257 e. The van der Waals surface area contributed by atoms with Crippen LogP contribution in [0.4, 0.5) is 0 Å². The van der Waals surface area contributed by atoms with Crippen molar-refractivity contribution < 1.29 is 14.3 Å². The first-order chi connectivity index (χ1) is 15.6. The number of methoxy groups -OCH3 is 1. The molecule has 4 aromatic rings. The Bertz CT molecular complexity index is 1210. The molecule has 0 fully saturated rings. The molecule has 4 rings (SSSR count). The van der Waals surface area contributed by atoms with Crippen molar-refractivity contribution in [1.82, 2.24) is 10.3 Å². The van der Waals surface area contributed by atoms with Gasteiger partial charge in [0, 0.05) is 29.6 Å². The molecule has 5 nitrogen and oxygen atoms in total. The molecule has 5 heteroatoms. The van der Waals surface area contributed by atoms with E-state index >= 15 is 0 Å². The van der Waals surface area contributed by atoms with Gasteiger partial charge in [0.05, 0.1) is 7.11 Å². The van der Waals surface area contributed by atoms with Crippen LogP contribution in [0.2, 0.25) is 0 Å². The van der Waals surface area contributed by atoms with Gasteiger partial charge in [-0.2, -0.15) is 0 Å². The maximum atomic E-state index is 12.6. The summed E-state index contributed by atoms with van der Waals surface area (Å²) < 4.78 is 11.1. The third kappa shape index (κ3) is 4.62. The van der Waals surface area contributed by atoms with Gasteiger partial charge in [0.1, 0.15) is 11.5 Å². The van der Waals surface area contributed by atoms with E-state index in [1.165, 1.54) is 0 Å². The number of rotatable bonds is 8. The predicted octanol–water partition coefficient (Wildman–Crippen LogP) is 5.12. The summed E-state index contributed by atoms with van der Waals surface area (Å²) in [5.74, 6) is 1.38. The van der Waals surface area contributed by atoms with Gasteiger partial charge in [0.2, 0.25) is 0 Å². The highest BCUT2D eigenvalue weighted by Crippen LogP contribution is 2.31. The normalized spacial score (nSPS) is 11.8. The molecule has 1 atom stereocenters. The Morgan fingerprint density at radius 1 is 1.00 bits per heavy atom. The quantitative estimate of drug-likeness (QED) is 0.409. The number of fused-ring (bicyclic) bond motifs is 1. The van der Waals surface area contributed by atoms with E-state index in [0.717, 1.165) is 44.7 Å². The number of aryl methyl sites for hydroxylation is 1. The fraction of sp³-hybridized carbons (Fsp3) is 0.222. The monoisotopic (exact) mass is 428 g/mol. The van der Waals surface area contributed by atoms with Crippen LogP contribution in [-0.4, -0.2) is 31.2 Å². The number of ether oxygens (including phenoxy) is 2. The van der Waals surface area contributed by atoms with Crippen LogP contribution in [-0.2, 0) is 4.79 Å². The Balaban J connectivity index is 1.51. The van der Waals surface area contributed by atoms with Gasteiger partial charge >= 0.3 is 0 Å². The summed E-state index contributed by atoms with van der Waals surface area (Å²) in [6, 6.07) is 22.0. The number of hydrogen-bond donors (Lipinski definition) is 2. The molecule has 0 bridgehead atoms. The standard InChI is InChI=1S/C27H28N2O3/c1-18-7-6-10-26(19(18)2)32-17-27(30)29-15-23(20-11-13-21(31-3)14-12-20)24-16-28-25-9-5-4-8-22(24)25/h4-14,16,23,28H,15,17H2,1-3H3,(H,29,30). The van der Waals surface area contributed by atoms with E-state index in [9.17, 15) is 4.79 Å². The van der Waals surface area contributed by atoms with E-state index in [2.05, 4.69) is 22.4 Å². The second-order valence-corrected chi connectivity index (χ2v) is 7.91. The molecule has 0 aliphatic rings. The predicted molar refractivity (Wildman–Crippen MR) is 128 cm³/mol. The SMILES string of the molecule is COc1ccc(C(CNC(=O)COc2cccc(C)c2C)c2c[nH]c3ccccc23)cc1. The lowest BCUT2D eigenvalue weighted by Gasteiger charge is -2.19. The lowest BCUT2D eigenvalue weighted by atomic mass is 9.91. The van der Waals surface area contributed by atoms with Crippen LogP contribution >= 0.6 is 0 Å². The number of carbonyl (C=O) groups is 1. The average Bonchev–Trinajstić information content (AvgIpc) is 3.24. The van der Waals surface area contributed by atoms with Gasteiger partial charge in [0.15, 0.2) is 6.61 Å². The first-order valence-electron chi connectivity index (χ1n) is 10.7. The van der Waals surface area contributed by atoms with E-state index in [1.807, 2.05) is 74.6 Å². The molecule has 1 heterocycles. The smallest absolute Gasteiger partial charge is 0.257 e. The molecular formula is C27H28N2O3. The number of benzene rings is 3. The molecule has 32 heavy (non-hydrogen) atoms. The molecule has 0 aliphatic heterocycles. The second kappa shape index (κ2) is 9.60. The van der Waals surface area contributed by atoms with Crippen molar-refractivity contribution >= 4 is 16.8 Å². The molecule has 0 saturated heterocycles. The Morgan fingerprint density at radius 3 is 2.56 bits per heavy atom. The molecule has 1 aromatic heterocycles. The van der Waals surface area contributed by atoms with E-state index in [-0.39, 0.29) is 18.4 Å². The number of para-hydroxylation sites is 1. The molecular weight excluding hydrogens is 400 g/mol. The zero-order chi connectivity index (χ0) is 22.5. The lowest BCUT2D eigenvalue weighted by Crippen LogP contribution is -2.32. The van der Waals surface area contributed by atoms with Crippen LogP contribution in [0, 0.1) is 13.8 Å². The number of H-pyrrole nitrogens is 1. The summed E-state index contributed by atoms with van der Waals surface area (Å²) in [6.45, 7) is 4.47. The van der Waals surface area contributed by atoms with Crippen LogP contribution < -0.4 is 14.8 Å². The van der Waals surface area contributed by atoms with Crippen LogP contribution in [0.25, 0.3) is 10.9 Å². The molecule has 0 aliphatic carbocycles. The Hall–Kier alpha value is -3.73. The van der Waals surface area contributed by atoms with E-state index in [0.29, 0.717) is 6.54 Å². The third-order valence-corrected chi connectivity index (χ3v) is 5.93. The van der Waals surface area contributed by atoms with Crippen molar-refractivity contribution in [2.45, 2.75) is 19.8 Å². The molecule has 2 N–H and O–H groups in total. The topological polar surface area (TPSA) is 63.4 Å². The lowest BCUT2D eigenvalue weighted by molar-refractivity contribution is -0.123. The summed E-state index contributed by atoms with van der Waals surface area (Å²) in [6.07, 6.45) is 2.03. The van der Waals surface area contributed by atoms with E-state index in [4.69, 9.17) is 9.47 Å². The zero-order valence-electron chi connectivity index (χ0n) is 18.6. The van der Waals surface area contributed by atoms with Gasteiger partial charge in [-0.1, -0.05) is 42.5 Å². The van der Waals surface area contributed by atoms with Crippen molar-refractivity contribution in [3.05, 3.63) is 95.2 Å². The summed E-state index contributed by atoms with van der Waals surface area (Å²) in [7, 11) is 1.66. The minimum Gasteiger partial charge on any atom is -0.497 e. The Morgan fingerprint density at radius 2 is 1.78 bits per heavy atom. The second-order valence-electron chi connectivity index (χ2n) is 7.91. The number of aromatic nitrogens is 1. The highest BCUT2D eigenvalue weighted by molar-refractivity contribution is 5.84. The number of nitrogens with one attached hydrogen (secondary N) is 2. The van der Waals surface area contributed by atoms with Crippen LogP contribution in [0.3, 0.4) is 0 Å². The van der Waals surface area contributed by atoms with Crippen LogP contribution in [0.15, 0.2) is 72.9 Å². The van der Waals surface area contributed by atoms with Crippen LogP contribution in [0.1, 0.15) is 28.2 Å². The highest BCUT2D eigenvalue weighted by atomic mass is 16.5. The van der Waals surface area contributed by atoms with Gasteiger partial charge in [-0.25, -0.2) is 0 Å². The Kier molecular flexibility index (Phi) is 6.45. The fourth-order valence-electron chi connectivity index (χ4n) is 3.92.